The first kappa shape index (κ1) is 11.6. The number of amides is 1. The summed E-state index contributed by atoms with van der Waals surface area (Å²) in [6.45, 7) is 2.21. The third-order valence-electron chi connectivity index (χ3n) is 2.69. The van der Waals surface area contributed by atoms with Crippen molar-refractivity contribution >= 4 is 28.8 Å². The maximum absolute atomic E-state index is 11.2. The molecule has 0 aliphatic heterocycles. The van der Waals surface area contributed by atoms with E-state index in [1.165, 1.54) is 0 Å². The van der Waals surface area contributed by atoms with Crippen LogP contribution >= 0.6 is 22.9 Å². The number of aromatic nitrogens is 1. The highest BCUT2D eigenvalue weighted by atomic mass is 127. The highest BCUT2D eigenvalue weighted by molar-refractivity contribution is 14.1. The lowest BCUT2D eigenvalue weighted by Gasteiger charge is -2.32. The van der Waals surface area contributed by atoms with Gasteiger partial charge in [0.1, 0.15) is 11.4 Å². The Morgan fingerprint density at radius 3 is 2.81 bits per heavy atom. The Balaban J connectivity index is 1.94. The SMILES string of the molecule is CC1CC(Oc2ccc(C(=O)NI)nc2)C1. The van der Waals surface area contributed by atoms with E-state index in [0.717, 1.165) is 24.5 Å². The van der Waals surface area contributed by atoms with E-state index < -0.39 is 0 Å². The number of carbonyl (C=O) groups is 1. The molecule has 2 rings (SSSR count). The van der Waals surface area contributed by atoms with Crippen LogP contribution in [-0.4, -0.2) is 17.0 Å². The molecule has 1 amide bonds. The first-order chi connectivity index (χ1) is 7.69. The second-order valence-electron chi connectivity index (χ2n) is 4.12. The summed E-state index contributed by atoms with van der Waals surface area (Å²) in [5.41, 5.74) is 0.406. The van der Waals surface area contributed by atoms with Crippen molar-refractivity contribution in [3.05, 3.63) is 24.0 Å². The minimum Gasteiger partial charge on any atom is -0.489 e. The number of rotatable bonds is 3. The van der Waals surface area contributed by atoms with Crippen LogP contribution in [0.5, 0.6) is 5.75 Å². The van der Waals surface area contributed by atoms with Gasteiger partial charge in [0, 0.05) is 0 Å². The first-order valence-corrected chi connectivity index (χ1v) is 6.30. The second-order valence-corrected chi connectivity index (χ2v) is 4.66. The Kier molecular flexibility index (Phi) is 3.63. The van der Waals surface area contributed by atoms with Gasteiger partial charge in [-0.3, -0.25) is 8.32 Å². The number of nitrogens with one attached hydrogen (secondary N) is 1. The maximum atomic E-state index is 11.2. The van der Waals surface area contributed by atoms with Gasteiger partial charge in [0.2, 0.25) is 0 Å². The maximum Gasteiger partial charge on any atom is 0.278 e. The van der Waals surface area contributed by atoms with Crippen LogP contribution in [0.15, 0.2) is 18.3 Å². The molecule has 0 saturated heterocycles. The number of nitrogens with zero attached hydrogens (tertiary/aromatic N) is 1. The summed E-state index contributed by atoms with van der Waals surface area (Å²) in [4.78, 5) is 15.3. The number of halogens is 1. The summed E-state index contributed by atoms with van der Waals surface area (Å²) in [6.07, 6.45) is 4.14. The molecule has 0 radical (unpaired) electrons. The normalized spacial score (nSPS) is 23.4. The molecule has 5 heteroatoms. The molecule has 16 heavy (non-hydrogen) atoms. The summed E-state index contributed by atoms with van der Waals surface area (Å²) in [7, 11) is 0. The Morgan fingerprint density at radius 2 is 2.31 bits per heavy atom. The summed E-state index contributed by atoms with van der Waals surface area (Å²) >= 11 is 1.79. The number of pyridine rings is 1. The summed E-state index contributed by atoms with van der Waals surface area (Å²) < 4.78 is 8.19. The molecule has 1 aromatic rings. The molecular weight excluding hydrogens is 319 g/mol. The summed E-state index contributed by atoms with van der Waals surface area (Å²) in [5, 5.41) is 0. The van der Waals surface area contributed by atoms with Crippen molar-refractivity contribution in [1.29, 1.82) is 0 Å². The zero-order valence-electron chi connectivity index (χ0n) is 8.94. The highest BCUT2D eigenvalue weighted by Crippen LogP contribution is 2.30. The minimum atomic E-state index is -0.190. The summed E-state index contributed by atoms with van der Waals surface area (Å²) in [6, 6.07) is 3.46. The largest absolute Gasteiger partial charge is 0.489 e. The van der Waals surface area contributed by atoms with Crippen LogP contribution in [-0.2, 0) is 0 Å². The molecule has 1 N–H and O–H groups in total. The lowest BCUT2D eigenvalue weighted by Crippen LogP contribution is -2.31. The predicted molar refractivity (Wildman–Crippen MR) is 68.5 cm³/mol. The van der Waals surface area contributed by atoms with Gasteiger partial charge in [-0.15, -0.1) is 0 Å². The van der Waals surface area contributed by atoms with Crippen molar-refractivity contribution in [3.8, 4) is 5.75 Å². The molecule has 0 spiro atoms. The highest BCUT2D eigenvalue weighted by Gasteiger charge is 2.27. The molecule has 0 aromatic carbocycles. The van der Waals surface area contributed by atoms with E-state index in [0.29, 0.717) is 11.8 Å². The van der Waals surface area contributed by atoms with Gasteiger partial charge in [0.25, 0.3) is 5.91 Å². The van der Waals surface area contributed by atoms with Crippen LogP contribution in [0.4, 0.5) is 0 Å². The van der Waals surface area contributed by atoms with Gasteiger partial charge >= 0.3 is 0 Å². The number of ether oxygens (including phenoxy) is 1. The average Bonchev–Trinajstić information content (AvgIpc) is 2.27. The van der Waals surface area contributed by atoms with Crippen LogP contribution in [0.25, 0.3) is 0 Å². The minimum absolute atomic E-state index is 0.190. The lowest BCUT2D eigenvalue weighted by molar-refractivity contribution is 0.0735. The Hall–Kier alpha value is -0.850. The van der Waals surface area contributed by atoms with Crippen molar-refractivity contribution in [2.45, 2.75) is 25.9 Å². The van der Waals surface area contributed by atoms with Crippen molar-refractivity contribution in [3.63, 3.8) is 0 Å². The standard InChI is InChI=1S/C11H13IN2O2/c1-7-4-9(5-7)16-8-2-3-10(13-6-8)11(15)14-12/h2-3,6-7,9H,4-5H2,1H3,(H,14,15). The van der Waals surface area contributed by atoms with Gasteiger partial charge in [0.05, 0.1) is 35.2 Å². The Morgan fingerprint density at radius 1 is 1.56 bits per heavy atom. The van der Waals surface area contributed by atoms with Gasteiger partial charge in [-0.2, -0.15) is 0 Å². The zero-order chi connectivity index (χ0) is 11.5. The monoisotopic (exact) mass is 332 g/mol. The molecule has 86 valence electrons. The fourth-order valence-corrected chi connectivity index (χ4v) is 2.03. The smallest absolute Gasteiger partial charge is 0.278 e. The lowest BCUT2D eigenvalue weighted by atomic mass is 9.84. The molecule has 1 fully saturated rings. The quantitative estimate of drug-likeness (QED) is 0.683. The topological polar surface area (TPSA) is 51.2 Å². The van der Waals surface area contributed by atoms with Gasteiger partial charge in [-0.25, -0.2) is 4.98 Å². The van der Waals surface area contributed by atoms with Gasteiger partial charge in [-0.05, 0) is 30.9 Å². The van der Waals surface area contributed by atoms with Gasteiger partial charge in [0.15, 0.2) is 0 Å². The van der Waals surface area contributed by atoms with E-state index in [2.05, 4.69) is 15.4 Å². The van der Waals surface area contributed by atoms with Crippen LogP contribution in [0.2, 0.25) is 0 Å². The van der Waals surface area contributed by atoms with Crippen molar-refractivity contribution < 1.29 is 9.53 Å². The second kappa shape index (κ2) is 4.99. The summed E-state index contributed by atoms with van der Waals surface area (Å²) in [5.74, 6) is 1.31. The Labute approximate surface area is 108 Å². The molecule has 1 aliphatic rings. The molecule has 1 heterocycles. The number of carbonyl (C=O) groups excluding carboxylic acids is 1. The molecular formula is C11H13IN2O2. The van der Waals surface area contributed by atoms with Crippen LogP contribution in [0, 0.1) is 5.92 Å². The van der Waals surface area contributed by atoms with Gasteiger partial charge < -0.3 is 4.74 Å². The predicted octanol–water partition coefficient (Wildman–Crippen LogP) is 2.34. The van der Waals surface area contributed by atoms with E-state index in [9.17, 15) is 4.79 Å². The van der Waals surface area contributed by atoms with Crippen molar-refractivity contribution in [2.75, 3.05) is 0 Å². The van der Waals surface area contributed by atoms with E-state index in [1.807, 2.05) is 0 Å². The molecule has 0 unspecified atom stereocenters. The van der Waals surface area contributed by atoms with Crippen LogP contribution in [0.3, 0.4) is 0 Å². The molecule has 1 saturated carbocycles. The number of hydrogen-bond donors (Lipinski definition) is 1. The van der Waals surface area contributed by atoms with Gasteiger partial charge in [-0.1, -0.05) is 6.92 Å². The third kappa shape index (κ3) is 2.63. The molecule has 1 aromatic heterocycles. The molecule has 0 atom stereocenters. The van der Waals surface area contributed by atoms with Crippen LogP contribution < -0.4 is 8.27 Å². The Bertz CT molecular complexity index is 374. The first-order valence-electron chi connectivity index (χ1n) is 5.22. The van der Waals surface area contributed by atoms with E-state index in [1.54, 1.807) is 41.2 Å². The molecule has 1 aliphatic carbocycles. The molecule has 4 nitrogen and oxygen atoms in total. The van der Waals surface area contributed by atoms with E-state index >= 15 is 0 Å². The fourth-order valence-electron chi connectivity index (χ4n) is 1.75. The van der Waals surface area contributed by atoms with Crippen molar-refractivity contribution in [2.24, 2.45) is 5.92 Å². The molecule has 0 bridgehead atoms. The van der Waals surface area contributed by atoms with E-state index in [-0.39, 0.29) is 5.91 Å². The average molecular weight is 332 g/mol. The van der Waals surface area contributed by atoms with E-state index in [4.69, 9.17) is 4.74 Å². The zero-order valence-corrected chi connectivity index (χ0v) is 11.1. The van der Waals surface area contributed by atoms with Crippen LogP contribution in [0.1, 0.15) is 30.3 Å². The van der Waals surface area contributed by atoms with Crippen molar-refractivity contribution in [1.82, 2.24) is 8.51 Å². The third-order valence-corrected chi connectivity index (χ3v) is 3.18. The number of hydrogen-bond acceptors (Lipinski definition) is 3. The fraction of sp³-hybridized carbons (Fsp3) is 0.455.